The molecule has 1 aromatic carbocycles. The Labute approximate surface area is 157 Å². The average Bonchev–Trinajstić information content (AvgIpc) is 3.12. The standard InChI is InChI=1S/C19H20ClN3O3/c20-15-1-3-16(4-2-15)22-17-13-14(5-8-21-17)18(24)23-9-6-19(7-10-23)25-11-12-26-19/h1-5,8,13H,6-7,9-12H2,(H,21,22). The summed E-state index contributed by atoms with van der Waals surface area (Å²) >= 11 is 5.90. The minimum Gasteiger partial charge on any atom is -0.347 e. The number of pyridine rings is 1. The number of rotatable bonds is 3. The molecule has 2 fully saturated rings. The number of hydrogen-bond donors (Lipinski definition) is 1. The first-order valence-electron chi connectivity index (χ1n) is 8.69. The molecule has 2 saturated heterocycles. The topological polar surface area (TPSA) is 63.7 Å². The van der Waals surface area contributed by atoms with E-state index in [1.165, 1.54) is 0 Å². The Morgan fingerprint density at radius 2 is 1.81 bits per heavy atom. The maximum absolute atomic E-state index is 12.8. The van der Waals surface area contributed by atoms with E-state index in [-0.39, 0.29) is 5.91 Å². The molecule has 2 aromatic rings. The van der Waals surface area contributed by atoms with Crippen LogP contribution in [0.15, 0.2) is 42.6 Å². The number of carbonyl (C=O) groups excluding carboxylic acids is 1. The van der Waals surface area contributed by atoms with E-state index in [2.05, 4.69) is 10.3 Å². The minimum absolute atomic E-state index is 0.000553. The van der Waals surface area contributed by atoms with Gasteiger partial charge in [0.15, 0.2) is 5.79 Å². The molecule has 1 N–H and O–H groups in total. The van der Waals surface area contributed by atoms with Crippen molar-refractivity contribution in [2.75, 3.05) is 31.6 Å². The van der Waals surface area contributed by atoms with Crippen molar-refractivity contribution in [3.63, 3.8) is 0 Å². The number of amides is 1. The van der Waals surface area contributed by atoms with Gasteiger partial charge in [-0.15, -0.1) is 0 Å². The summed E-state index contributed by atoms with van der Waals surface area (Å²) in [5, 5.41) is 3.86. The Hall–Kier alpha value is -2.15. The summed E-state index contributed by atoms with van der Waals surface area (Å²) in [5.41, 5.74) is 1.47. The number of piperidine rings is 1. The van der Waals surface area contributed by atoms with E-state index >= 15 is 0 Å². The molecule has 0 unspecified atom stereocenters. The Morgan fingerprint density at radius 3 is 2.50 bits per heavy atom. The number of anilines is 2. The van der Waals surface area contributed by atoms with Crippen molar-refractivity contribution >= 4 is 29.0 Å². The van der Waals surface area contributed by atoms with Crippen molar-refractivity contribution in [1.29, 1.82) is 0 Å². The van der Waals surface area contributed by atoms with Crippen LogP contribution in [0.3, 0.4) is 0 Å². The van der Waals surface area contributed by atoms with Gasteiger partial charge < -0.3 is 19.7 Å². The number of aromatic nitrogens is 1. The number of hydrogen-bond acceptors (Lipinski definition) is 5. The van der Waals surface area contributed by atoms with Gasteiger partial charge in [0.1, 0.15) is 5.82 Å². The molecule has 7 heteroatoms. The van der Waals surface area contributed by atoms with Crippen LogP contribution in [0.4, 0.5) is 11.5 Å². The van der Waals surface area contributed by atoms with Crippen molar-refractivity contribution in [2.45, 2.75) is 18.6 Å². The van der Waals surface area contributed by atoms with Crippen LogP contribution in [0.5, 0.6) is 0 Å². The van der Waals surface area contributed by atoms with Crippen LogP contribution in [-0.2, 0) is 9.47 Å². The van der Waals surface area contributed by atoms with Crippen LogP contribution in [0.1, 0.15) is 23.2 Å². The van der Waals surface area contributed by atoms with Gasteiger partial charge in [-0.1, -0.05) is 11.6 Å². The fourth-order valence-electron chi connectivity index (χ4n) is 3.33. The lowest BCUT2D eigenvalue weighted by atomic mass is 10.0. The summed E-state index contributed by atoms with van der Waals surface area (Å²) in [4.78, 5) is 19.0. The van der Waals surface area contributed by atoms with Crippen molar-refractivity contribution < 1.29 is 14.3 Å². The summed E-state index contributed by atoms with van der Waals surface area (Å²) in [5.74, 6) is 0.143. The second-order valence-electron chi connectivity index (χ2n) is 6.46. The molecule has 1 spiro atoms. The summed E-state index contributed by atoms with van der Waals surface area (Å²) in [6.07, 6.45) is 3.06. The molecule has 6 nitrogen and oxygen atoms in total. The van der Waals surface area contributed by atoms with Crippen molar-refractivity contribution in [3.05, 3.63) is 53.2 Å². The quantitative estimate of drug-likeness (QED) is 0.892. The maximum Gasteiger partial charge on any atom is 0.254 e. The SMILES string of the molecule is O=C(c1ccnc(Nc2ccc(Cl)cc2)c1)N1CCC2(CC1)OCCO2. The number of nitrogens with zero attached hydrogens (tertiary/aromatic N) is 2. The first-order chi connectivity index (χ1) is 12.6. The van der Waals surface area contributed by atoms with E-state index in [1.54, 1.807) is 30.5 Å². The summed E-state index contributed by atoms with van der Waals surface area (Å²) in [6.45, 7) is 2.53. The van der Waals surface area contributed by atoms with Gasteiger partial charge in [0.05, 0.1) is 13.2 Å². The number of benzene rings is 1. The molecule has 0 atom stereocenters. The molecule has 26 heavy (non-hydrogen) atoms. The van der Waals surface area contributed by atoms with Gasteiger partial charge in [-0.3, -0.25) is 4.79 Å². The van der Waals surface area contributed by atoms with E-state index in [1.807, 2.05) is 17.0 Å². The zero-order valence-corrected chi connectivity index (χ0v) is 15.0. The Kier molecular flexibility index (Phi) is 4.80. The van der Waals surface area contributed by atoms with Gasteiger partial charge in [0.25, 0.3) is 5.91 Å². The number of nitrogens with one attached hydrogen (secondary N) is 1. The third kappa shape index (κ3) is 3.67. The fourth-order valence-corrected chi connectivity index (χ4v) is 3.46. The van der Waals surface area contributed by atoms with E-state index < -0.39 is 5.79 Å². The minimum atomic E-state index is -0.476. The van der Waals surface area contributed by atoms with Gasteiger partial charge in [-0.25, -0.2) is 4.98 Å². The molecule has 2 aliphatic rings. The van der Waals surface area contributed by atoms with Crippen LogP contribution in [0.25, 0.3) is 0 Å². The van der Waals surface area contributed by atoms with Gasteiger partial charge >= 0.3 is 0 Å². The molecule has 0 saturated carbocycles. The highest BCUT2D eigenvalue weighted by Crippen LogP contribution is 2.31. The summed E-state index contributed by atoms with van der Waals surface area (Å²) in [6, 6.07) is 10.8. The zero-order chi connectivity index (χ0) is 18.0. The highest BCUT2D eigenvalue weighted by atomic mass is 35.5. The maximum atomic E-state index is 12.8. The Balaban J connectivity index is 1.42. The first kappa shape index (κ1) is 17.3. The second kappa shape index (κ2) is 7.23. The molecule has 1 amide bonds. The average molecular weight is 374 g/mol. The third-order valence-corrected chi connectivity index (χ3v) is 5.00. The lowest BCUT2D eigenvalue weighted by molar-refractivity contribution is -0.181. The van der Waals surface area contributed by atoms with E-state index in [9.17, 15) is 4.79 Å². The number of ether oxygens (including phenoxy) is 2. The Morgan fingerprint density at radius 1 is 1.12 bits per heavy atom. The summed E-state index contributed by atoms with van der Waals surface area (Å²) in [7, 11) is 0. The first-order valence-corrected chi connectivity index (χ1v) is 9.07. The molecule has 2 aliphatic heterocycles. The molecule has 0 bridgehead atoms. The number of likely N-dealkylation sites (tertiary alicyclic amines) is 1. The molecule has 0 radical (unpaired) electrons. The smallest absolute Gasteiger partial charge is 0.254 e. The van der Waals surface area contributed by atoms with Gasteiger partial charge in [0.2, 0.25) is 0 Å². The number of carbonyl (C=O) groups is 1. The van der Waals surface area contributed by atoms with Crippen molar-refractivity contribution in [3.8, 4) is 0 Å². The molecule has 0 aliphatic carbocycles. The van der Waals surface area contributed by atoms with Crippen LogP contribution >= 0.6 is 11.6 Å². The summed E-state index contributed by atoms with van der Waals surface area (Å²) < 4.78 is 11.4. The number of halogens is 1. The highest BCUT2D eigenvalue weighted by Gasteiger charge is 2.40. The molecule has 136 valence electrons. The molecule has 4 rings (SSSR count). The van der Waals surface area contributed by atoms with Gasteiger partial charge in [-0.05, 0) is 36.4 Å². The lowest BCUT2D eigenvalue weighted by Gasteiger charge is -2.37. The molecule has 1 aromatic heterocycles. The predicted octanol–water partition coefficient (Wildman–Crippen LogP) is 3.46. The Bertz CT molecular complexity index is 781. The molecular formula is C19H20ClN3O3. The predicted molar refractivity (Wildman–Crippen MR) is 98.7 cm³/mol. The van der Waals surface area contributed by atoms with E-state index in [4.69, 9.17) is 21.1 Å². The van der Waals surface area contributed by atoms with Crippen LogP contribution in [-0.4, -0.2) is 47.9 Å². The van der Waals surface area contributed by atoms with Crippen molar-refractivity contribution in [1.82, 2.24) is 9.88 Å². The van der Waals surface area contributed by atoms with E-state index in [0.717, 1.165) is 5.69 Å². The molecule has 3 heterocycles. The lowest BCUT2D eigenvalue weighted by Crippen LogP contribution is -2.47. The van der Waals surface area contributed by atoms with Crippen LogP contribution in [0, 0.1) is 0 Å². The monoisotopic (exact) mass is 373 g/mol. The second-order valence-corrected chi connectivity index (χ2v) is 6.90. The zero-order valence-electron chi connectivity index (χ0n) is 14.3. The fraction of sp³-hybridized carbons (Fsp3) is 0.368. The normalized spacial score (nSPS) is 18.9. The van der Waals surface area contributed by atoms with Crippen LogP contribution in [0.2, 0.25) is 5.02 Å². The molecular weight excluding hydrogens is 354 g/mol. The highest BCUT2D eigenvalue weighted by molar-refractivity contribution is 6.30. The van der Waals surface area contributed by atoms with E-state index in [0.29, 0.717) is 55.5 Å². The van der Waals surface area contributed by atoms with Crippen molar-refractivity contribution in [2.24, 2.45) is 0 Å². The van der Waals surface area contributed by atoms with Gasteiger partial charge in [-0.2, -0.15) is 0 Å². The van der Waals surface area contributed by atoms with Gasteiger partial charge in [0, 0.05) is 48.4 Å². The van der Waals surface area contributed by atoms with Crippen LogP contribution < -0.4 is 5.32 Å². The largest absolute Gasteiger partial charge is 0.347 e. The third-order valence-electron chi connectivity index (χ3n) is 4.75.